The van der Waals surface area contributed by atoms with Crippen LogP contribution in [0.3, 0.4) is 0 Å². The summed E-state index contributed by atoms with van der Waals surface area (Å²) < 4.78 is 0. The van der Waals surface area contributed by atoms with Crippen molar-refractivity contribution in [2.24, 2.45) is 11.7 Å². The molecule has 1 rings (SSSR count). The maximum Gasteiger partial charge on any atom is 0.225 e. The predicted octanol–water partition coefficient (Wildman–Crippen LogP) is 0.982. The monoisotopic (exact) mass is 184 g/mol. The van der Waals surface area contributed by atoms with Gasteiger partial charge in [-0.25, -0.2) is 0 Å². The van der Waals surface area contributed by atoms with Gasteiger partial charge in [0.1, 0.15) is 0 Å². The van der Waals surface area contributed by atoms with Gasteiger partial charge in [-0.05, 0) is 32.7 Å². The van der Waals surface area contributed by atoms with E-state index in [2.05, 4.69) is 6.92 Å². The van der Waals surface area contributed by atoms with Crippen molar-refractivity contribution in [3.63, 3.8) is 0 Å². The van der Waals surface area contributed by atoms with Crippen LogP contribution in [0.2, 0.25) is 0 Å². The second-order valence-corrected chi connectivity index (χ2v) is 4.00. The van der Waals surface area contributed by atoms with Crippen molar-refractivity contribution in [1.82, 2.24) is 4.90 Å². The highest BCUT2D eigenvalue weighted by atomic mass is 16.2. The van der Waals surface area contributed by atoms with Gasteiger partial charge in [0, 0.05) is 18.5 Å². The number of rotatable bonds is 3. The van der Waals surface area contributed by atoms with Crippen molar-refractivity contribution in [1.29, 1.82) is 0 Å². The molecule has 3 nitrogen and oxygen atoms in total. The van der Waals surface area contributed by atoms with E-state index in [0.29, 0.717) is 12.6 Å². The number of nitrogens with two attached hydrogens (primary N) is 1. The molecule has 0 radical (unpaired) electrons. The Balaban J connectivity index is 2.46. The van der Waals surface area contributed by atoms with Crippen LogP contribution in [0, 0.1) is 5.92 Å². The van der Waals surface area contributed by atoms with E-state index < -0.39 is 0 Å². The molecule has 0 bridgehead atoms. The minimum Gasteiger partial charge on any atom is -0.340 e. The lowest BCUT2D eigenvalue weighted by Crippen LogP contribution is -2.37. The van der Waals surface area contributed by atoms with Crippen LogP contribution in [0.15, 0.2) is 0 Å². The highest BCUT2D eigenvalue weighted by molar-refractivity contribution is 5.79. The fraction of sp³-hybridized carbons (Fsp3) is 0.900. The zero-order chi connectivity index (χ0) is 9.84. The highest BCUT2D eigenvalue weighted by Crippen LogP contribution is 2.19. The van der Waals surface area contributed by atoms with Crippen LogP contribution in [-0.4, -0.2) is 29.9 Å². The van der Waals surface area contributed by atoms with E-state index in [9.17, 15) is 4.79 Å². The molecule has 2 N–H and O–H groups in total. The molecule has 1 aliphatic heterocycles. The Morgan fingerprint density at radius 3 is 2.85 bits per heavy atom. The summed E-state index contributed by atoms with van der Waals surface area (Å²) in [6.45, 7) is 5.64. The van der Waals surface area contributed by atoms with E-state index in [1.807, 2.05) is 11.8 Å². The van der Waals surface area contributed by atoms with Gasteiger partial charge in [0.2, 0.25) is 5.91 Å². The van der Waals surface area contributed by atoms with E-state index >= 15 is 0 Å². The van der Waals surface area contributed by atoms with Gasteiger partial charge in [-0.1, -0.05) is 6.92 Å². The van der Waals surface area contributed by atoms with Gasteiger partial charge < -0.3 is 10.6 Å². The molecular formula is C10H20N2O. The van der Waals surface area contributed by atoms with Crippen molar-refractivity contribution < 1.29 is 4.79 Å². The summed E-state index contributed by atoms with van der Waals surface area (Å²) in [7, 11) is 0. The lowest BCUT2D eigenvalue weighted by molar-refractivity contribution is -0.135. The number of hydrogen-bond donors (Lipinski definition) is 1. The Hall–Kier alpha value is -0.570. The second-order valence-electron chi connectivity index (χ2n) is 4.00. The standard InChI is InChI=1S/C10H20N2O/c1-8(5-6-11)10(13)12-7-3-4-9(12)2/h8-9H,3-7,11H2,1-2H3. The molecule has 1 saturated heterocycles. The molecule has 0 aliphatic carbocycles. The van der Waals surface area contributed by atoms with E-state index in [0.717, 1.165) is 25.8 Å². The van der Waals surface area contributed by atoms with E-state index in [-0.39, 0.29) is 11.8 Å². The topological polar surface area (TPSA) is 46.3 Å². The summed E-state index contributed by atoms with van der Waals surface area (Å²) in [4.78, 5) is 13.8. The molecule has 0 spiro atoms. The average molecular weight is 184 g/mol. The molecule has 3 heteroatoms. The summed E-state index contributed by atoms with van der Waals surface area (Å²) in [6, 6.07) is 0.438. The molecule has 13 heavy (non-hydrogen) atoms. The predicted molar refractivity (Wildman–Crippen MR) is 53.2 cm³/mol. The van der Waals surface area contributed by atoms with Crippen molar-refractivity contribution in [2.75, 3.05) is 13.1 Å². The van der Waals surface area contributed by atoms with Crippen LogP contribution in [0.5, 0.6) is 0 Å². The van der Waals surface area contributed by atoms with Crippen LogP contribution >= 0.6 is 0 Å². The SMILES string of the molecule is CC(CCN)C(=O)N1CCCC1C. The number of likely N-dealkylation sites (tertiary alicyclic amines) is 1. The van der Waals surface area contributed by atoms with Crippen molar-refractivity contribution >= 4 is 5.91 Å². The number of nitrogens with zero attached hydrogens (tertiary/aromatic N) is 1. The van der Waals surface area contributed by atoms with Crippen LogP contribution in [0.4, 0.5) is 0 Å². The molecule has 1 aliphatic rings. The van der Waals surface area contributed by atoms with Crippen LogP contribution in [0.25, 0.3) is 0 Å². The quantitative estimate of drug-likeness (QED) is 0.710. The fourth-order valence-electron chi connectivity index (χ4n) is 1.92. The third-order valence-electron chi connectivity index (χ3n) is 2.86. The molecule has 2 atom stereocenters. The summed E-state index contributed by atoms with van der Waals surface area (Å²) in [5, 5.41) is 0. The van der Waals surface area contributed by atoms with Crippen molar-refractivity contribution in [3.8, 4) is 0 Å². The third kappa shape index (κ3) is 2.44. The van der Waals surface area contributed by atoms with Gasteiger partial charge >= 0.3 is 0 Å². The highest BCUT2D eigenvalue weighted by Gasteiger charge is 2.27. The van der Waals surface area contributed by atoms with Crippen molar-refractivity contribution in [3.05, 3.63) is 0 Å². The summed E-state index contributed by atoms with van der Waals surface area (Å²) in [6.07, 6.45) is 3.12. The Morgan fingerprint density at radius 2 is 2.38 bits per heavy atom. The number of carbonyl (C=O) groups is 1. The first-order valence-electron chi connectivity index (χ1n) is 5.17. The Bertz CT molecular complexity index is 182. The van der Waals surface area contributed by atoms with E-state index in [1.165, 1.54) is 0 Å². The molecule has 1 heterocycles. The van der Waals surface area contributed by atoms with Crippen LogP contribution in [-0.2, 0) is 4.79 Å². The minimum absolute atomic E-state index is 0.102. The molecule has 0 aromatic rings. The number of amides is 1. The molecule has 2 unspecified atom stereocenters. The Kier molecular flexibility index (Phi) is 3.72. The summed E-state index contributed by atoms with van der Waals surface area (Å²) in [5.74, 6) is 0.390. The van der Waals surface area contributed by atoms with E-state index in [1.54, 1.807) is 0 Å². The zero-order valence-corrected chi connectivity index (χ0v) is 8.62. The van der Waals surface area contributed by atoms with Gasteiger partial charge in [-0.3, -0.25) is 4.79 Å². The summed E-state index contributed by atoms with van der Waals surface area (Å²) in [5.41, 5.74) is 5.43. The van der Waals surface area contributed by atoms with Crippen molar-refractivity contribution in [2.45, 2.75) is 39.2 Å². The van der Waals surface area contributed by atoms with Gasteiger partial charge in [-0.15, -0.1) is 0 Å². The molecule has 0 aromatic heterocycles. The molecule has 76 valence electrons. The minimum atomic E-state index is 0.102. The first kappa shape index (κ1) is 10.5. The summed E-state index contributed by atoms with van der Waals surface area (Å²) >= 11 is 0. The molecule has 1 amide bonds. The van der Waals surface area contributed by atoms with Gasteiger partial charge in [-0.2, -0.15) is 0 Å². The van der Waals surface area contributed by atoms with Crippen LogP contribution < -0.4 is 5.73 Å². The smallest absolute Gasteiger partial charge is 0.225 e. The first-order valence-corrected chi connectivity index (χ1v) is 5.17. The zero-order valence-electron chi connectivity index (χ0n) is 8.62. The molecule has 1 fully saturated rings. The second kappa shape index (κ2) is 4.61. The van der Waals surface area contributed by atoms with Gasteiger partial charge in [0.05, 0.1) is 0 Å². The Morgan fingerprint density at radius 1 is 1.69 bits per heavy atom. The number of carbonyl (C=O) groups excluding carboxylic acids is 1. The number of hydrogen-bond acceptors (Lipinski definition) is 2. The molecule has 0 saturated carbocycles. The normalized spacial score (nSPS) is 24.8. The molecule has 0 aromatic carbocycles. The molecular weight excluding hydrogens is 164 g/mol. The van der Waals surface area contributed by atoms with Gasteiger partial charge in [0.15, 0.2) is 0 Å². The fourth-order valence-corrected chi connectivity index (χ4v) is 1.92. The maximum atomic E-state index is 11.8. The third-order valence-corrected chi connectivity index (χ3v) is 2.86. The first-order chi connectivity index (χ1) is 6.16. The lowest BCUT2D eigenvalue weighted by Gasteiger charge is -2.24. The Labute approximate surface area is 80.3 Å². The van der Waals surface area contributed by atoms with E-state index in [4.69, 9.17) is 5.73 Å². The van der Waals surface area contributed by atoms with Crippen LogP contribution in [0.1, 0.15) is 33.1 Å². The van der Waals surface area contributed by atoms with Gasteiger partial charge in [0.25, 0.3) is 0 Å². The maximum absolute atomic E-state index is 11.8. The average Bonchev–Trinajstić information content (AvgIpc) is 2.50. The largest absolute Gasteiger partial charge is 0.340 e. The lowest BCUT2D eigenvalue weighted by atomic mass is 10.1.